The molecule has 0 unspecified atom stereocenters. The van der Waals surface area contributed by atoms with Gasteiger partial charge in [-0.3, -0.25) is 9.79 Å². The summed E-state index contributed by atoms with van der Waals surface area (Å²) in [5.74, 6) is 2.03. The fraction of sp³-hybridized carbons (Fsp3) is 0.500. The quantitative estimate of drug-likeness (QED) is 0.288. The van der Waals surface area contributed by atoms with Gasteiger partial charge < -0.3 is 20.5 Å². The summed E-state index contributed by atoms with van der Waals surface area (Å²) in [4.78, 5) is 16.4. The number of rotatable bonds is 8. The van der Waals surface area contributed by atoms with Crippen LogP contribution in [0.4, 0.5) is 5.69 Å². The maximum atomic E-state index is 12.1. The second kappa shape index (κ2) is 11.7. The third-order valence-electron chi connectivity index (χ3n) is 5.01. The molecule has 0 radical (unpaired) electrons. The number of hydrogen-bond donors (Lipinski definition) is 3. The summed E-state index contributed by atoms with van der Waals surface area (Å²) >= 11 is 0. The van der Waals surface area contributed by atoms with Crippen LogP contribution >= 0.6 is 24.0 Å². The molecule has 1 heterocycles. The summed E-state index contributed by atoms with van der Waals surface area (Å²) in [5, 5.41) is 17.7. The molecule has 1 amide bonds. The molecule has 0 atom stereocenters. The minimum absolute atomic E-state index is 0. The van der Waals surface area contributed by atoms with Crippen LogP contribution in [0.5, 0.6) is 0 Å². The summed E-state index contributed by atoms with van der Waals surface area (Å²) in [7, 11) is 1.75. The van der Waals surface area contributed by atoms with E-state index in [2.05, 4.69) is 38.1 Å². The minimum Gasteiger partial charge on any atom is -0.355 e. The average Bonchev–Trinajstić information content (AvgIpc) is 3.10. The number of hydrogen-bond acceptors (Lipinski definition) is 4. The third-order valence-corrected chi connectivity index (χ3v) is 5.01. The van der Waals surface area contributed by atoms with E-state index in [0.29, 0.717) is 6.54 Å². The van der Waals surface area contributed by atoms with E-state index in [-0.39, 0.29) is 35.8 Å². The largest absolute Gasteiger partial charge is 0.355 e. The van der Waals surface area contributed by atoms with Crippen molar-refractivity contribution in [3.8, 4) is 0 Å². The molecule has 1 aliphatic rings. The van der Waals surface area contributed by atoms with Gasteiger partial charge in [0.1, 0.15) is 12.2 Å². The maximum absolute atomic E-state index is 12.1. The molecular formula is C20H30IN7O. The Labute approximate surface area is 189 Å². The van der Waals surface area contributed by atoms with Crippen molar-refractivity contribution in [3.05, 3.63) is 42.0 Å². The fourth-order valence-corrected chi connectivity index (χ4v) is 3.11. The van der Waals surface area contributed by atoms with Crippen molar-refractivity contribution in [2.75, 3.05) is 18.9 Å². The molecule has 0 bridgehead atoms. The Morgan fingerprint density at radius 2 is 2.14 bits per heavy atom. The van der Waals surface area contributed by atoms with E-state index in [1.807, 2.05) is 28.8 Å². The first-order chi connectivity index (χ1) is 13.7. The summed E-state index contributed by atoms with van der Waals surface area (Å²) in [6, 6.07) is 7.92. The van der Waals surface area contributed by atoms with Crippen molar-refractivity contribution >= 4 is 41.5 Å². The Balaban J connectivity index is 0.00000300. The van der Waals surface area contributed by atoms with Crippen LogP contribution in [0, 0.1) is 5.92 Å². The molecule has 1 saturated carbocycles. The Kier molecular flexibility index (Phi) is 9.36. The standard InChI is InChI=1S/C20H29N7O.HI/c1-3-18-26-24-14-27(18)11-10-22-20(21-2)23-13-15-6-4-9-17(12-15)25-19(28)16-7-5-8-16;/h4,6,9,12,14,16H,3,5,7-8,10-11,13H2,1-2H3,(H,25,28)(H2,21,22,23);1H. The van der Waals surface area contributed by atoms with Gasteiger partial charge in [-0.1, -0.05) is 25.5 Å². The van der Waals surface area contributed by atoms with Gasteiger partial charge in [-0.05, 0) is 30.5 Å². The van der Waals surface area contributed by atoms with Gasteiger partial charge in [-0.15, -0.1) is 34.2 Å². The molecule has 1 aromatic heterocycles. The summed E-state index contributed by atoms with van der Waals surface area (Å²) in [5.41, 5.74) is 1.93. The number of carbonyl (C=O) groups excluding carboxylic acids is 1. The normalized spacial score (nSPS) is 13.9. The van der Waals surface area contributed by atoms with Crippen LogP contribution in [0.3, 0.4) is 0 Å². The Hall–Kier alpha value is -2.17. The number of benzene rings is 1. The molecule has 1 aliphatic carbocycles. The minimum atomic E-state index is 0. The predicted molar refractivity (Wildman–Crippen MR) is 125 cm³/mol. The number of nitrogens with zero attached hydrogens (tertiary/aromatic N) is 4. The molecule has 9 heteroatoms. The van der Waals surface area contributed by atoms with Gasteiger partial charge in [-0.25, -0.2) is 0 Å². The highest BCUT2D eigenvalue weighted by atomic mass is 127. The van der Waals surface area contributed by atoms with Gasteiger partial charge in [0, 0.05) is 44.7 Å². The molecule has 2 aromatic rings. The second-order valence-corrected chi connectivity index (χ2v) is 6.96. The first-order valence-corrected chi connectivity index (χ1v) is 9.90. The lowest BCUT2D eigenvalue weighted by Gasteiger charge is -2.24. The first kappa shape index (κ1) is 23.1. The Bertz CT molecular complexity index is 817. The number of aliphatic imine (C=N–C) groups is 1. The van der Waals surface area contributed by atoms with E-state index in [0.717, 1.165) is 61.8 Å². The van der Waals surface area contributed by atoms with E-state index < -0.39 is 0 Å². The second-order valence-electron chi connectivity index (χ2n) is 6.96. The number of nitrogens with one attached hydrogen (secondary N) is 3. The number of anilines is 1. The molecule has 1 fully saturated rings. The van der Waals surface area contributed by atoms with Crippen LogP contribution < -0.4 is 16.0 Å². The highest BCUT2D eigenvalue weighted by Gasteiger charge is 2.25. The maximum Gasteiger partial charge on any atom is 0.227 e. The molecule has 1 aromatic carbocycles. The lowest BCUT2D eigenvalue weighted by Crippen LogP contribution is -2.38. The van der Waals surface area contributed by atoms with Crippen molar-refractivity contribution < 1.29 is 4.79 Å². The van der Waals surface area contributed by atoms with Crippen molar-refractivity contribution in [2.24, 2.45) is 10.9 Å². The number of halogens is 1. The molecule has 0 aliphatic heterocycles. The number of amides is 1. The van der Waals surface area contributed by atoms with E-state index in [1.54, 1.807) is 13.4 Å². The van der Waals surface area contributed by atoms with Crippen molar-refractivity contribution in [3.63, 3.8) is 0 Å². The van der Waals surface area contributed by atoms with E-state index in [1.165, 1.54) is 0 Å². The van der Waals surface area contributed by atoms with Crippen LogP contribution in [-0.2, 0) is 24.3 Å². The summed E-state index contributed by atoms with van der Waals surface area (Å²) < 4.78 is 2.04. The molecule has 0 saturated heterocycles. The molecule has 158 valence electrons. The first-order valence-electron chi connectivity index (χ1n) is 9.90. The average molecular weight is 511 g/mol. The molecule has 3 rings (SSSR count). The Morgan fingerprint density at radius 3 is 2.83 bits per heavy atom. The monoisotopic (exact) mass is 511 g/mol. The van der Waals surface area contributed by atoms with E-state index >= 15 is 0 Å². The lowest BCUT2D eigenvalue weighted by molar-refractivity contribution is -0.122. The summed E-state index contributed by atoms with van der Waals surface area (Å²) in [6.45, 7) is 4.19. The SMILES string of the molecule is CCc1nncn1CCNC(=NC)NCc1cccc(NC(=O)C2CCC2)c1.I. The van der Waals surface area contributed by atoms with Crippen molar-refractivity contribution in [1.29, 1.82) is 0 Å². The molecule has 29 heavy (non-hydrogen) atoms. The zero-order valence-electron chi connectivity index (χ0n) is 17.0. The molecular weight excluding hydrogens is 481 g/mol. The number of guanidine groups is 1. The topological polar surface area (TPSA) is 96.2 Å². The highest BCUT2D eigenvalue weighted by molar-refractivity contribution is 14.0. The number of aromatic nitrogens is 3. The van der Waals surface area contributed by atoms with Crippen LogP contribution in [0.2, 0.25) is 0 Å². The van der Waals surface area contributed by atoms with Gasteiger partial charge in [0.15, 0.2) is 5.96 Å². The van der Waals surface area contributed by atoms with Crippen LogP contribution in [0.15, 0.2) is 35.6 Å². The number of carbonyl (C=O) groups is 1. The zero-order chi connectivity index (χ0) is 19.8. The van der Waals surface area contributed by atoms with Crippen molar-refractivity contribution in [1.82, 2.24) is 25.4 Å². The molecule has 3 N–H and O–H groups in total. The van der Waals surface area contributed by atoms with Gasteiger partial charge in [0.25, 0.3) is 0 Å². The van der Waals surface area contributed by atoms with Crippen LogP contribution in [0.25, 0.3) is 0 Å². The van der Waals surface area contributed by atoms with Gasteiger partial charge >= 0.3 is 0 Å². The van der Waals surface area contributed by atoms with Crippen LogP contribution in [-0.4, -0.2) is 40.2 Å². The molecule has 0 spiro atoms. The third kappa shape index (κ3) is 6.69. The van der Waals surface area contributed by atoms with Gasteiger partial charge in [-0.2, -0.15) is 0 Å². The number of aryl methyl sites for hydroxylation is 1. The van der Waals surface area contributed by atoms with Gasteiger partial charge in [0.05, 0.1) is 0 Å². The zero-order valence-corrected chi connectivity index (χ0v) is 19.3. The van der Waals surface area contributed by atoms with E-state index in [4.69, 9.17) is 0 Å². The molecule has 8 nitrogen and oxygen atoms in total. The highest BCUT2D eigenvalue weighted by Crippen LogP contribution is 2.27. The van der Waals surface area contributed by atoms with Crippen LogP contribution in [0.1, 0.15) is 37.6 Å². The lowest BCUT2D eigenvalue weighted by atomic mass is 9.85. The van der Waals surface area contributed by atoms with Crippen molar-refractivity contribution in [2.45, 2.75) is 45.7 Å². The van der Waals surface area contributed by atoms with E-state index in [9.17, 15) is 4.79 Å². The predicted octanol–water partition coefficient (Wildman–Crippen LogP) is 2.56. The fourth-order valence-electron chi connectivity index (χ4n) is 3.11. The smallest absolute Gasteiger partial charge is 0.227 e. The van der Waals surface area contributed by atoms with Gasteiger partial charge in [0.2, 0.25) is 5.91 Å². The Morgan fingerprint density at radius 1 is 1.31 bits per heavy atom. The summed E-state index contributed by atoms with van der Waals surface area (Å²) in [6.07, 6.45) is 5.78.